The Hall–Kier alpha value is -2.40. The number of benzene rings is 3. The predicted molar refractivity (Wildman–Crippen MR) is 119 cm³/mol. The quantitative estimate of drug-likeness (QED) is 0.246. The lowest BCUT2D eigenvalue weighted by Crippen LogP contribution is -2.05. The smallest absolute Gasteiger partial charge is 0.220 e. The summed E-state index contributed by atoms with van der Waals surface area (Å²) in [5.41, 5.74) is 0.129. The van der Waals surface area contributed by atoms with Gasteiger partial charge in [0.15, 0.2) is 15.2 Å². The van der Waals surface area contributed by atoms with Gasteiger partial charge in [0.2, 0.25) is 4.21 Å². The Labute approximate surface area is 167 Å². The first-order valence-electron chi connectivity index (χ1n) is 8.60. The van der Waals surface area contributed by atoms with E-state index in [0.29, 0.717) is 0 Å². The molecule has 0 saturated heterocycles. The lowest BCUT2D eigenvalue weighted by molar-refractivity contribution is 1.37. The van der Waals surface area contributed by atoms with Gasteiger partial charge < -0.3 is 0 Å². The molecule has 27 heavy (non-hydrogen) atoms. The largest absolute Gasteiger partial charge is 0.288 e. The summed E-state index contributed by atoms with van der Waals surface area (Å²) in [6, 6.07) is 29.1. The Balaban J connectivity index is 1.76. The first kappa shape index (κ1) is 16.8. The third kappa shape index (κ3) is 3.00. The summed E-state index contributed by atoms with van der Waals surface area (Å²) in [5, 5.41) is 3.75. The molecule has 0 aliphatic rings. The molecule has 0 spiro atoms. The zero-order valence-corrected chi connectivity index (χ0v) is 16.7. The third-order valence-electron chi connectivity index (χ3n) is 4.46. The molecule has 0 radical (unpaired) electrons. The average Bonchev–Trinajstić information content (AvgIpc) is 3.24. The van der Waals surface area contributed by atoms with Crippen LogP contribution in [0.15, 0.2) is 109 Å². The first-order chi connectivity index (χ1) is 13.3. The van der Waals surface area contributed by atoms with Crippen LogP contribution in [0.1, 0.15) is 0 Å². The molecule has 2 aromatic heterocycles. The Morgan fingerprint density at radius 3 is 2.26 bits per heavy atom. The molecule has 1 atom stereocenters. The normalized spacial score (nSPS) is 12.4. The van der Waals surface area contributed by atoms with E-state index in [4.69, 9.17) is 0 Å². The Morgan fingerprint density at radius 1 is 0.667 bits per heavy atom. The average molecular weight is 404 g/mol. The van der Waals surface area contributed by atoms with Crippen molar-refractivity contribution < 1.29 is 0 Å². The van der Waals surface area contributed by atoms with Crippen molar-refractivity contribution in [2.24, 2.45) is 0 Å². The van der Waals surface area contributed by atoms with E-state index in [9.17, 15) is 4.79 Å². The van der Waals surface area contributed by atoms with Crippen molar-refractivity contribution >= 4 is 53.7 Å². The van der Waals surface area contributed by atoms with Gasteiger partial charge >= 0.3 is 0 Å². The molecule has 2 heterocycles. The van der Waals surface area contributed by atoms with Gasteiger partial charge in [0.25, 0.3) is 0 Å². The third-order valence-corrected chi connectivity index (χ3v) is 9.07. The molecule has 130 valence electrons. The Morgan fingerprint density at radius 2 is 1.44 bits per heavy atom. The SMILES string of the molecule is O=c1c2ccccc2sc2ccc([S+](c3ccccc3)c3cccs3)cc12. The summed E-state index contributed by atoms with van der Waals surface area (Å²) >= 11 is 3.45. The highest BCUT2D eigenvalue weighted by atomic mass is 32.2. The summed E-state index contributed by atoms with van der Waals surface area (Å²) in [6.45, 7) is 0. The lowest BCUT2D eigenvalue weighted by atomic mass is 10.2. The van der Waals surface area contributed by atoms with Crippen LogP contribution in [0.5, 0.6) is 0 Å². The van der Waals surface area contributed by atoms with Gasteiger partial charge in [-0.1, -0.05) is 41.7 Å². The maximum absolute atomic E-state index is 13.1. The molecule has 0 aliphatic carbocycles. The Kier molecular flexibility index (Phi) is 4.32. The summed E-state index contributed by atoms with van der Waals surface area (Å²) in [7, 11) is -0.197. The highest BCUT2D eigenvalue weighted by Gasteiger charge is 2.30. The minimum Gasteiger partial charge on any atom is -0.288 e. The van der Waals surface area contributed by atoms with Crippen molar-refractivity contribution in [3.8, 4) is 0 Å². The van der Waals surface area contributed by atoms with Crippen LogP contribution in [0.3, 0.4) is 0 Å². The maximum Gasteiger partial charge on any atom is 0.220 e. The fourth-order valence-electron chi connectivity index (χ4n) is 3.21. The van der Waals surface area contributed by atoms with E-state index in [-0.39, 0.29) is 16.3 Å². The van der Waals surface area contributed by atoms with Gasteiger partial charge in [0.05, 0.1) is 0 Å². The molecular formula is C23H15OS3+. The van der Waals surface area contributed by atoms with Crippen LogP contribution in [0, 0.1) is 0 Å². The molecule has 0 amide bonds. The molecule has 0 N–H and O–H groups in total. The number of fused-ring (bicyclic) bond motifs is 2. The highest BCUT2D eigenvalue weighted by Crippen LogP contribution is 2.35. The molecule has 0 saturated carbocycles. The van der Waals surface area contributed by atoms with Crippen molar-refractivity contribution in [3.05, 3.63) is 101 Å². The van der Waals surface area contributed by atoms with E-state index in [1.807, 2.05) is 30.3 Å². The minimum absolute atomic E-state index is 0.129. The molecule has 4 heteroatoms. The monoisotopic (exact) mass is 403 g/mol. The number of thiophene rings is 1. The second kappa shape index (κ2) is 6.97. The number of rotatable bonds is 3. The van der Waals surface area contributed by atoms with Crippen molar-refractivity contribution in [2.75, 3.05) is 0 Å². The summed E-state index contributed by atoms with van der Waals surface area (Å²) < 4.78 is 3.41. The van der Waals surface area contributed by atoms with Crippen LogP contribution in [0.2, 0.25) is 0 Å². The van der Waals surface area contributed by atoms with E-state index in [1.54, 1.807) is 22.7 Å². The van der Waals surface area contributed by atoms with Gasteiger partial charge in [-0.15, -0.1) is 11.3 Å². The van der Waals surface area contributed by atoms with Crippen LogP contribution in [-0.4, -0.2) is 0 Å². The fraction of sp³-hybridized carbons (Fsp3) is 0. The topological polar surface area (TPSA) is 17.1 Å². The predicted octanol–water partition coefficient (Wildman–Crippen LogP) is 6.57. The van der Waals surface area contributed by atoms with Crippen LogP contribution in [0.25, 0.3) is 20.2 Å². The second-order valence-corrected chi connectivity index (χ2v) is 10.4. The van der Waals surface area contributed by atoms with Crippen molar-refractivity contribution in [1.82, 2.24) is 0 Å². The van der Waals surface area contributed by atoms with E-state index >= 15 is 0 Å². The molecule has 0 bridgehead atoms. The van der Waals surface area contributed by atoms with E-state index in [1.165, 1.54) is 14.0 Å². The summed E-state index contributed by atoms with van der Waals surface area (Å²) in [4.78, 5) is 15.6. The first-order valence-corrected chi connectivity index (χ1v) is 11.5. The summed E-state index contributed by atoms with van der Waals surface area (Å²) in [5.74, 6) is 0. The summed E-state index contributed by atoms with van der Waals surface area (Å²) in [6.07, 6.45) is 0. The van der Waals surface area contributed by atoms with Gasteiger partial charge in [-0.3, -0.25) is 4.79 Å². The maximum atomic E-state index is 13.1. The van der Waals surface area contributed by atoms with Crippen LogP contribution in [0.4, 0.5) is 0 Å². The van der Waals surface area contributed by atoms with Gasteiger partial charge in [-0.2, -0.15) is 0 Å². The van der Waals surface area contributed by atoms with Gasteiger partial charge in [0.1, 0.15) is 10.9 Å². The molecule has 5 rings (SSSR count). The lowest BCUT2D eigenvalue weighted by Gasteiger charge is -2.07. The van der Waals surface area contributed by atoms with Crippen molar-refractivity contribution in [2.45, 2.75) is 14.0 Å². The van der Waals surface area contributed by atoms with Gasteiger partial charge in [-0.05, 0) is 47.8 Å². The van der Waals surface area contributed by atoms with Crippen molar-refractivity contribution in [1.29, 1.82) is 0 Å². The molecule has 1 nitrogen and oxygen atoms in total. The molecule has 0 aliphatic heterocycles. The van der Waals surface area contributed by atoms with E-state index in [2.05, 4.69) is 60.0 Å². The van der Waals surface area contributed by atoms with Crippen molar-refractivity contribution in [3.63, 3.8) is 0 Å². The van der Waals surface area contributed by atoms with Gasteiger partial charge in [0, 0.05) is 32.3 Å². The Bertz CT molecular complexity index is 1290. The minimum atomic E-state index is -0.197. The van der Waals surface area contributed by atoms with E-state index < -0.39 is 0 Å². The van der Waals surface area contributed by atoms with Crippen LogP contribution < -0.4 is 5.43 Å². The van der Waals surface area contributed by atoms with E-state index in [0.717, 1.165) is 20.2 Å². The fourth-order valence-corrected chi connectivity index (χ4v) is 7.66. The molecule has 3 aromatic carbocycles. The molecule has 1 unspecified atom stereocenters. The zero-order chi connectivity index (χ0) is 18.2. The molecule has 0 fully saturated rings. The van der Waals surface area contributed by atoms with Crippen LogP contribution in [-0.2, 0) is 10.9 Å². The number of hydrogen-bond acceptors (Lipinski definition) is 3. The second-order valence-electron chi connectivity index (χ2n) is 6.14. The standard InChI is InChI=1S/C23H15OS3/c24-23-18-9-4-5-10-20(18)26-21-13-12-17(15-19(21)23)27(22-11-6-14-25-22)16-7-2-1-3-8-16/h1-15H/q+1. The molecular weight excluding hydrogens is 388 g/mol. The number of hydrogen-bond donors (Lipinski definition) is 0. The zero-order valence-electron chi connectivity index (χ0n) is 14.3. The highest BCUT2D eigenvalue weighted by molar-refractivity contribution is 7.98. The molecule has 5 aromatic rings. The van der Waals surface area contributed by atoms with Gasteiger partial charge in [-0.25, -0.2) is 0 Å². The van der Waals surface area contributed by atoms with Crippen LogP contribution >= 0.6 is 22.7 Å².